The van der Waals surface area contributed by atoms with E-state index >= 15 is 0 Å². The summed E-state index contributed by atoms with van der Waals surface area (Å²) in [6.45, 7) is 3.48. The maximum Gasteiger partial charge on any atom is 0.223 e. The number of benzene rings is 2. The van der Waals surface area contributed by atoms with Gasteiger partial charge in [-0.05, 0) is 55.3 Å². The lowest BCUT2D eigenvalue weighted by atomic mass is 9.80. The number of amides is 1. The molecule has 0 unspecified atom stereocenters. The molecule has 0 aliphatic carbocycles. The van der Waals surface area contributed by atoms with Gasteiger partial charge in [0.1, 0.15) is 0 Å². The number of hydrogen-bond donors (Lipinski definition) is 1. The van der Waals surface area contributed by atoms with E-state index in [4.69, 9.17) is 4.52 Å². The van der Waals surface area contributed by atoms with Crippen LogP contribution in [-0.2, 0) is 24.2 Å². The average molecular weight is 416 g/mol. The molecule has 31 heavy (non-hydrogen) atoms. The minimum Gasteiger partial charge on any atom is -0.356 e. The number of aromatic nitrogens is 1. The molecule has 2 aliphatic heterocycles. The van der Waals surface area contributed by atoms with Gasteiger partial charge < -0.3 is 14.7 Å². The Kier molecular flexibility index (Phi) is 5.85. The van der Waals surface area contributed by atoms with Gasteiger partial charge in [-0.25, -0.2) is 0 Å². The van der Waals surface area contributed by atoms with Crippen LogP contribution in [0.25, 0.3) is 11.3 Å². The zero-order valence-corrected chi connectivity index (χ0v) is 17.8. The SMILES string of the molecule is O=C(C[C@@H]1CCNC[C@H]1Cc1cc(-c2ccccc2)on1)N1CCc2ccccc2C1. The zero-order chi connectivity index (χ0) is 21.0. The van der Waals surface area contributed by atoms with Gasteiger partial charge in [-0.2, -0.15) is 0 Å². The van der Waals surface area contributed by atoms with Crippen LogP contribution in [0.3, 0.4) is 0 Å². The average Bonchev–Trinajstić information content (AvgIpc) is 3.29. The summed E-state index contributed by atoms with van der Waals surface area (Å²) in [5, 5.41) is 7.82. The first-order chi connectivity index (χ1) is 15.3. The van der Waals surface area contributed by atoms with Crippen LogP contribution in [-0.4, -0.2) is 35.6 Å². The van der Waals surface area contributed by atoms with Gasteiger partial charge in [0.05, 0.1) is 5.69 Å². The second-order valence-corrected chi connectivity index (χ2v) is 8.80. The third-order valence-electron chi connectivity index (χ3n) is 6.77. The molecular weight excluding hydrogens is 386 g/mol. The molecule has 160 valence electrons. The molecule has 1 saturated heterocycles. The molecule has 1 fully saturated rings. The van der Waals surface area contributed by atoms with E-state index in [9.17, 15) is 4.79 Å². The van der Waals surface area contributed by atoms with Crippen molar-refractivity contribution in [3.8, 4) is 11.3 Å². The van der Waals surface area contributed by atoms with Crippen molar-refractivity contribution in [1.29, 1.82) is 0 Å². The monoisotopic (exact) mass is 415 g/mol. The molecule has 3 heterocycles. The first-order valence-electron chi connectivity index (χ1n) is 11.3. The van der Waals surface area contributed by atoms with Crippen molar-refractivity contribution < 1.29 is 9.32 Å². The summed E-state index contributed by atoms with van der Waals surface area (Å²) in [6.07, 6.45) is 3.45. The van der Waals surface area contributed by atoms with E-state index in [0.717, 1.165) is 62.5 Å². The van der Waals surface area contributed by atoms with Gasteiger partial charge in [0.25, 0.3) is 0 Å². The van der Waals surface area contributed by atoms with Crippen LogP contribution in [0.2, 0.25) is 0 Å². The minimum absolute atomic E-state index is 0.288. The number of nitrogens with zero attached hydrogens (tertiary/aromatic N) is 2. The standard InChI is InChI=1S/C26H29N3O2/c30-26(29-13-11-19-6-4-5-9-22(19)18-29)15-21-10-12-27-17-23(21)14-24-16-25(31-28-24)20-7-2-1-3-8-20/h1-9,16,21,23,27H,10-15,17-18H2/t21-,23+/m0/s1. The quantitative estimate of drug-likeness (QED) is 0.682. The van der Waals surface area contributed by atoms with E-state index in [1.807, 2.05) is 41.3 Å². The second kappa shape index (κ2) is 9.06. The molecule has 2 aromatic carbocycles. The fourth-order valence-electron chi connectivity index (χ4n) is 4.96. The smallest absolute Gasteiger partial charge is 0.223 e. The molecule has 0 radical (unpaired) electrons. The van der Waals surface area contributed by atoms with Crippen LogP contribution in [0.1, 0.15) is 29.7 Å². The van der Waals surface area contributed by atoms with Gasteiger partial charge in [-0.15, -0.1) is 0 Å². The van der Waals surface area contributed by atoms with Crippen LogP contribution in [0.4, 0.5) is 0 Å². The molecule has 5 nitrogen and oxygen atoms in total. The topological polar surface area (TPSA) is 58.4 Å². The van der Waals surface area contributed by atoms with Crippen molar-refractivity contribution in [2.45, 2.75) is 32.2 Å². The molecule has 0 bridgehead atoms. The highest BCUT2D eigenvalue weighted by molar-refractivity contribution is 5.77. The van der Waals surface area contributed by atoms with Crippen LogP contribution < -0.4 is 5.32 Å². The number of carbonyl (C=O) groups excluding carboxylic acids is 1. The lowest BCUT2D eigenvalue weighted by molar-refractivity contribution is -0.133. The Morgan fingerprint density at radius 3 is 2.74 bits per heavy atom. The molecule has 0 saturated carbocycles. The first-order valence-corrected chi connectivity index (χ1v) is 11.3. The summed E-state index contributed by atoms with van der Waals surface area (Å²) in [5.41, 5.74) is 4.68. The molecule has 3 aromatic rings. The van der Waals surface area contributed by atoms with Crippen molar-refractivity contribution in [2.24, 2.45) is 11.8 Å². The van der Waals surface area contributed by atoms with Gasteiger partial charge in [0.2, 0.25) is 5.91 Å². The first kappa shape index (κ1) is 20.0. The maximum absolute atomic E-state index is 13.1. The Labute approximate surface area is 183 Å². The fraction of sp³-hybridized carbons (Fsp3) is 0.385. The molecule has 5 rings (SSSR count). The van der Waals surface area contributed by atoms with E-state index in [1.165, 1.54) is 11.1 Å². The third kappa shape index (κ3) is 4.57. The fourth-order valence-corrected chi connectivity index (χ4v) is 4.96. The lowest BCUT2D eigenvalue weighted by Gasteiger charge is -2.34. The molecule has 1 amide bonds. The normalized spacial score (nSPS) is 21.0. The number of nitrogens with one attached hydrogen (secondary N) is 1. The molecule has 5 heteroatoms. The van der Waals surface area contributed by atoms with Gasteiger partial charge in [-0.1, -0.05) is 59.8 Å². The lowest BCUT2D eigenvalue weighted by Crippen LogP contribution is -2.42. The summed E-state index contributed by atoms with van der Waals surface area (Å²) in [5.74, 6) is 1.86. The summed E-state index contributed by atoms with van der Waals surface area (Å²) >= 11 is 0. The van der Waals surface area contributed by atoms with E-state index < -0.39 is 0 Å². The van der Waals surface area contributed by atoms with Gasteiger partial charge in [-0.3, -0.25) is 4.79 Å². The van der Waals surface area contributed by atoms with Gasteiger partial charge in [0, 0.05) is 31.1 Å². The molecule has 2 aliphatic rings. The Morgan fingerprint density at radius 1 is 1.06 bits per heavy atom. The number of hydrogen-bond acceptors (Lipinski definition) is 4. The molecular formula is C26H29N3O2. The number of rotatable bonds is 5. The Hall–Kier alpha value is -2.92. The largest absolute Gasteiger partial charge is 0.356 e. The van der Waals surface area contributed by atoms with Gasteiger partial charge in [0.15, 0.2) is 5.76 Å². The summed E-state index contributed by atoms with van der Waals surface area (Å²) < 4.78 is 5.59. The van der Waals surface area contributed by atoms with E-state index in [1.54, 1.807) is 0 Å². The van der Waals surface area contributed by atoms with E-state index in [2.05, 4.69) is 34.7 Å². The number of carbonyl (C=O) groups is 1. The summed E-state index contributed by atoms with van der Waals surface area (Å²) in [7, 11) is 0. The molecule has 1 aromatic heterocycles. The van der Waals surface area contributed by atoms with Crippen LogP contribution in [0.5, 0.6) is 0 Å². The maximum atomic E-state index is 13.1. The van der Waals surface area contributed by atoms with Crippen LogP contribution in [0, 0.1) is 11.8 Å². The summed E-state index contributed by atoms with van der Waals surface area (Å²) in [6, 6.07) is 20.6. The Bertz CT molecular complexity index is 1030. The minimum atomic E-state index is 0.288. The predicted molar refractivity (Wildman–Crippen MR) is 120 cm³/mol. The van der Waals surface area contributed by atoms with E-state index in [0.29, 0.717) is 18.3 Å². The summed E-state index contributed by atoms with van der Waals surface area (Å²) in [4.78, 5) is 15.2. The molecule has 2 atom stereocenters. The van der Waals surface area contributed by atoms with Crippen molar-refractivity contribution in [3.05, 3.63) is 77.5 Å². The number of fused-ring (bicyclic) bond motifs is 1. The van der Waals surface area contributed by atoms with E-state index in [-0.39, 0.29) is 5.91 Å². The molecule has 0 spiro atoms. The highest BCUT2D eigenvalue weighted by Crippen LogP contribution is 2.29. The second-order valence-electron chi connectivity index (χ2n) is 8.80. The van der Waals surface area contributed by atoms with Crippen molar-refractivity contribution in [1.82, 2.24) is 15.4 Å². The van der Waals surface area contributed by atoms with Crippen LogP contribution in [0.15, 0.2) is 65.2 Å². The number of piperidine rings is 1. The van der Waals surface area contributed by atoms with Crippen molar-refractivity contribution in [3.63, 3.8) is 0 Å². The third-order valence-corrected chi connectivity index (χ3v) is 6.77. The highest BCUT2D eigenvalue weighted by atomic mass is 16.5. The Morgan fingerprint density at radius 2 is 1.87 bits per heavy atom. The molecule has 1 N–H and O–H groups in total. The van der Waals surface area contributed by atoms with Gasteiger partial charge >= 0.3 is 0 Å². The van der Waals surface area contributed by atoms with Crippen LogP contribution >= 0.6 is 0 Å². The Balaban J connectivity index is 1.23. The van der Waals surface area contributed by atoms with Crippen molar-refractivity contribution >= 4 is 5.91 Å². The zero-order valence-electron chi connectivity index (χ0n) is 17.8. The van der Waals surface area contributed by atoms with Crippen molar-refractivity contribution in [2.75, 3.05) is 19.6 Å². The highest BCUT2D eigenvalue weighted by Gasteiger charge is 2.30. The predicted octanol–water partition coefficient (Wildman–Crippen LogP) is 4.08.